The molecule has 2 N–H and O–H groups in total. The van der Waals surface area contributed by atoms with Crippen LogP contribution >= 0.6 is 0 Å². The Kier molecular flexibility index (Phi) is 6.76. The van der Waals surface area contributed by atoms with E-state index >= 15 is 0 Å². The lowest BCUT2D eigenvalue weighted by Crippen LogP contribution is -2.45. The van der Waals surface area contributed by atoms with Crippen molar-refractivity contribution in [3.05, 3.63) is 0 Å². The Morgan fingerprint density at radius 3 is 2.70 bits per heavy atom. The van der Waals surface area contributed by atoms with Gasteiger partial charge in [0.25, 0.3) is 0 Å². The first-order valence-electron chi connectivity index (χ1n) is 7.54. The topological polar surface area (TPSA) is 64.8 Å². The molecule has 2 atom stereocenters. The van der Waals surface area contributed by atoms with Crippen LogP contribution < -0.4 is 5.73 Å². The summed E-state index contributed by atoms with van der Waals surface area (Å²) < 4.78 is 10.8. The molecule has 20 heavy (non-hydrogen) atoms. The summed E-state index contributed by atoms with van der Waals surface area (Å²) in [5.74, 6) is 0.884. The predicted molar refractivity (Wildman–Crippen MR) is 79.6 cm³/mol. The smallest absolute Gasteiger partial charge is 0.410 e. The molecule has 0 spiro atoms. The lowest BCUT2D eigenvalue weighted by atomic mass is 9.84. The second kappa shape index (κ2) is 7.84. The van der Waals surface area contributed by atoms with Crippen molar-refractivity contribution in [3.8, 4) is 0 Å². The van der Waals surface area contributed by atoms with Crippen LogP contribution in [0.5, 0.6) is 0 Å². The number of carbonyl (C=O) groups excluding carboxylic acids is 1. The van der Waals surface area contributed by atoms with Gasteiger partial charge in [-0.3, -0.25) is 0 Å². The van der Waals surface area contributed by atoms with E-state index in [1.54, 1.807) is 7.11 Å². The minimum atomic E-state index is -0.437. The van der Waals surface area contributed by atoms with Crippen LogP contribution in [0.1, 0.15) is 40.0 Å². The first-order valence-corrected chi connectivity index (χ1v) is 7.54. The normalized spacial score (nSPS) is 21.6. The second-order valence-electron chi connectivity index (χ2n) is 6.62. The minimum absolute atomic E-state index is 0.203. The highest BCUT2D eigenvalue weighted by Gasteiger charge is 2.31. The van der Waals surface area contributed by atoms with Crippen molar-refractivity contribution in [2.45, 2.75) is 45.6 Å². The second-order valence-corrected chi connectivity index (χ2v) is 6.62. The molecule has 5 heteroatoms. The Bertz CT molecular complexity index is 296. The Morgan fingerprint density at radius 1 is 1.45 bits per heavy atom. The zero-order valence-corrected chi connectivity index (χ0v) is 13.4. The van der Waals surface area contributed by atoms with Gasteiger partial charge in [0.2, 0.25) is 0 Å². The van der Waals surface area contributed by atoms with Crippen molar-refractivity contribution in [3.63, 3.8) is 0 Å². The van der Waals surface area contributed by atoms with Gasteiger partial charge >= 0.3 is 6.09 Å². The Hall–Kier alpha value is -0.810. The molecule has 0 radical (unpaired) electrons. The van der Waals surface area contributed by atoms with E-state index < -0.39 is 5.60 Å². The largest absolute Gasteiger partial charge is 0.444 e. The molecule has 0 aromatic rings. The maximum absolute atomic E-state index is 12.1. The van der Waals surface area contributed by atoms with Crippen molar-refractivity contribution in [1.29, 1.82) is 0 Å². The number of carbonyl (C=O) groups is 1. The van der Waals surface area contributed by atoms with Crippen LogP contribution in [0.4, 0.5) is 4.79 Å². The number of hydrogen-bond acceptors (Lipinski definition) is 4. The number of likely N-dealkylation sites (tertiary alicyclic amines) is 1. The van der Waals surface area contributed by atoms with E-state index in [1.807, 2.05) is 25.7 Å². The van der Waals surface area contributed by atoms with Gasteiger partial charge in [-0.1, -0.05) is 0 Å². The third kappa shape index (κ3) is 5.67. The van der Waals surface area contributed by atoms with Crippen molar-refractivity contribution in [1.82, 2.24) is 4.90 Å². The lowest BCUT2D eigenvalue weighted by molar-refractivity contribution is 0.00794. The van der Waals surface area contributed by atoms with Gasteiger partial charge in [-0.25, -0.2) is 4.79 Å². The summed E-state index contributed by atoms with van der Waals surface area (Å²) in [4.78, 5) is 14.0. The van der Waals surface area contributed by atoms with E-state index in [-0.39, 0.29) is 6.09 Å². The molecule has 2 unspecified atom stereocenters. The molecule has 0 aromatic carbocycles. The molecule has 5 nitrogen and oxygen atoms in total. The number of ether oxygens (including phenoxy) is 2. The Labute approximate surface area is 122 Å². The van der Waals surface area contributed by atoms with Gasteiger partial charge in [0.1, 0.15) is 5.60 Å². The molecule has 1 rings (SSSR count). The maximum Gasteiger partial charge on any atom is 0.410 e. The summed E-state index contributed by atoms with van der Waals surface area (Å²) in [5, 5.41) is 0. The zero-order valence-electron chi connectivity index (χ0n) is 13.4. The van der Waals surface area contributed by atoms with Gasteiger partial charge in [-0.05, 0) is 58.4 Å². The van der Waals surface area contributed by atoms with E-state index in [4.69, 9.17) is 15.2 Å². The first-order chi connectivity index (χ1) is 9.37. The maximum atomic E-state index is 12.1. The molecule has 1 fully saturated rings. The molecular weight excluding hydrogens is 256 g/mol. The van der Waals surface area contributed by atoms with Gasteiger partial charge in [-0.2, -0.15) is 0 Å². The minimum Gasteiger partial charge on any atom is -0.444 e. The van der Waals surface area contributed by atoms with E-state index in [9.17, 15) is 4.79 Å². The summed E-state index contributed by atoms with van der Waals surface area (Å²) in [6.45, 7) is 8.61. The van der Waals surface area contributed by atoms with Crippen LogP contribution in [0.3, 0.4) is 0 Å². The van der Waals surface area contributed by atoms with Crippen LogP contribution in [0.15, 0.2) is 0 Å². The number of nitrogens with zero attached hydrogens (tertiary/aromatic N) is 1. The monoisotopic (exact) mass is 286 g/mol. The third-order valence-electron chi connectivity index (χ3n) is 3.69. The molecule has 0 aliphatic carbocycles. The standard InChI is InChI=1S/C15H30N2O3/c1-15(2,3)20-14(18)17-9-5-6-12(10-17)13(7-8-16)11-19-4/h12-13H,5-11,16H2,1-4H3. The van der Waals surface area contributed by atoms with Crippen molar-refractivity contribution in [2.75, 3.05) is 33.4 Å². The molecule has 0 bridgehead atoms. The SMILES string of the molecule is COCC(CCN)C1CCCN(C(=O)OC(C)(C)C)C1. The molecule has 0 aromatic heterocycles. The van der Waals surface area contributed by atoms with E-state index in [0.717, 1.165) is 32.4 Å². The van der Waals surface area contributed by atoms with Gasteiger partial charge in [0.15, 0.2) is 0 Å². The molecule has 1 heterocycles. The van der Waals surface area contributed by atoms with Crippen LogP contribution in [0.2, 0.25) is 0 Å². The fraction of sp³-hybridized carbons (Fsp3) is 0.933. The molecule has 1 amide bonds. The van der Waals surface area contributed by atoms with E-state index in [2.05, 4.69) is 0 Å². The van der Waals surface area contributed by atoms with Gasteiger partial charge in [-0.15, -0.1) is 0 Å². The highest BCUT2D eigenvalue weighted by atomic mass is 16.6. The fourth-order valence-electron chi connectivity index (χ4n) is 2.77. The predicted octanol–water partition coefficient (Wildman–Crippen LogP) is 2.24. The fourth-order valence-corrected chi connectivity index (χ4v) is 2.77. The van der Waals surface area contributed by atoms with Gasteiger partial charge < -0.3 is 20.1 Å². The Morgan fingerprint density at radius 2 is 2.15 bits per heavy atom. The average molecular weight is 286 g/mol. The van der Waals surface area contributed by atoms with Gasteiger partial charge in [0.05, 0.1) is 0 Å². The first kappa shape index (κ1) is 17.2. The highest BCUT2D eigenvalue weighted by molar-refractivity contribution is 5.68. The van der Waals surface area contributed by atoms with Crippen molar-refractivity contribution < 1.29 is 14.3 Å². The van der Waals surface area contributed by atoms with Crippen molar-refractivity contribution in [2.24, 2.45) is 17.6 Å². The number of amides is 1. The Balaban J connectivity index is 2.58. The van der Waals surface area contributed by atoms with Crippen LogP contribution in [0.25, 0.3) is 0 Å². The van der Waals surface area contributed by atoms with Crippen LogP contribution in [-0.2, 0) is 9.47 Å². The molecule has 1 saturated heterocycles. The molecular formula is C15H30N2O3. The highest BCUT2D eigenvalue weighted by Crippen LogP contribution is 2.27. The quantitative estimate of drug-likeness (QED) is 0.842. The number of piperidine rings is 1. The summed E-state index contributed by atoms with van der Waals surface area (Å²) in [6, 6.07) is 0. The third-order valence-corrected chi connectivity index (χ3v) is 3.69. The number of nitrogens with two attached hydrogens (primary N) is 1. The summed E-state index contributed by atoms with van der Waals surface area (Å²) in [5.41, 5.74) is 5.25. The van der Waals surface area contributed by atoms with Crippen LogP contribution in [0, 0.1) is 11.8 Å². The van der Waals surface area contributed by atoms with E-state index in [0.29, 0.717) is 25.0 Å². The molecule has 1 aliphatic rings. The van der Waals surface area contributed by atoms with Gasteiger partial charge in [0, 0.05) is 26.8 Å². The summed E-state index contributed by atoms with van der Waals surface area (Å²) >= 11 is 0. The number of rotatable bonds is 5. The molecule has 118 valence electrons. The zero-order chi connectivity index (χ0) is 15.2. The van der Waals surface area contributed by atoms with Crippen LogP contribution in [-0.4, -0.2) is 49.9 Å². The van der Waals surface area contributed by atoms with E-state index in [1.165, 1.54) is 0 Å². The average Bonchev–Trinajstić information content (AvgIpc) is 2.37. The lowest BCUT2D eigenvalue weighted by Gasteiger charge is -2.37. The number of methoxy groups -OCH3 is 1. The number of hydrogen-bond donors (Lipinski definition) is 1. The molecule has 1 aliphatic heterocycles. The summed E-state index contributed by atoms with van der Waals surface area (Å²) in [6.07, 6.45) is 2.90. The molecule has 0 saturated carbocycles. The summed E-state index contributed by atoms with van der Waals surface area (Å²) in [7, 11) is 1.72. The van der Waals surface area contributed by atoms with Crippen molar-refractivity contribution >= 4 is 6.09 Å².